The lowest BCUT2D eigenvalue weighted by Gasteiger charge is -2.13. The summed E-state index contributed by atoms with van der Waals surface area (Å²) >= 11 is 0. The highest BCUT2D eigenvalue weighted by molar-refractivity contribution is 5.93. The number of rotatable bonds is 8. The molecule has 0 saturated heterocycles. The van der Waals surface area contributed by atoms with Crippen molar-refractivity contribution in [1.82, 2.24) is 20.4 Å². The maximum atomic E-state index is 12.1. The third-order valence-corrected chi connectivity index (χ3v) is 3.86. The number of nitro groups is 1. The van der Waals surface area contributed by atoms with E-state index in [-0.39, 0.29) is 17.3 Å². The maximum absolute atomic E-state index is 12.1. The van der Waals surface area contributed by atoms with Crippen molar-refractivity contribution in [2.75, 3.05) is 25.0 Å². The van der Waals surface area contributed by atoms with Gasteiger partial charge < -0.3 is 14.8 Å². The van der Waals surface area contributed by atoms with Gasteiger partial charge in [0, 0.05) is 12.3 Å². The van der Waals surface area contributed by atoms with E-state index in [1.165, 1.54) is 26.5 Å². The Bertz CT molecular complexity index is 1060. The van der Waals surface area contributed by atoms with Crippen LogP contribution in [-0.4, -0.2) is 40.0 Å². The Morgan fingerprint density at radius 1 is 1.07 bits per heavy atom. The number of methoxy groups -OCH3 is 2. The molecule has 0 atom stereocenters. The average Bonchev–Trinajstić information content (AvgIpc) is 2.78. The number of carbonyl (C=O) groups excluding carboxylic acids is 1. The number of ether oxygens (including phenoxy) is 2. The molecule has 0 bridgehead atoms. The number of nitrogens with zero attached hydrogens (tertiary/aromatic N) is 4. The van der Waals surface area contributed by atoms with Gasteiger partial charge in [0.2, 0.25) is 11.6 Å². The summed E-state index contributed by atoms with van der Waals surface area (Å²) in [4.78, 5) is 34.8. The van der Waals surface area contributed by atoms with Gasteiger partial charge in [-0.3, -0.25) is 30.7 Å². The van der Waals surface area contributed by atoms with Crippen molar-refractivity contribution in [2.24, 2.45) is 0 Å². The monoisotopic (exact) mass is 411 g/mol. The summed E-state index contributed by atoms with van der Waals surface area (Å²) in [5, 5.41) is 14.5. The normalized spacial score (nSPS) is 10.1. The lowest BCUT2D eigenvalue weighted by atomic mass is 10.2. The molecule has 0 fully saturated rings. The molecule has 2 aromatic heterocycles. The summed E-state index contributed by atoms with van der Waals surface area (Å²) in [5.74, 6) is 0.0338. The molecule has 3 rings (SSSR count). The van der Waals surface area contributed by atoms with E-state index in [9.17, 15) is 14.9 Å². The molecule has 30 heavy (non-hydrogen) atoms. The lowest BCUT2D eigenvalue weighted by Crippen LogP contribution is -2.31. The van der Waals surface area contributed by atoms with Gasteiger partial charge in [-0.15, -0.1) is 0 Å². The predicted molar refractivity (Wildman–Crippen MR) is 107 cm³/mol. The van der Waals surface area contributed by atoms with Crippen molar-refractivity contribution in [1.29, 1.82) is 0 Å². The first-order chi connectivity index (χ1) is 14.5. The molecular weight excluding hydrogens is 394 g/mol. The summed E-state index contributed by atoms with van der Waals surface area (Å²) < 4.78 is 10.4. The van der Waals surface area contributed by atoms with Crippen molar-refractivity contribution in [2.45, 2.75) is 0 Å². The Kier molecular flexibility index (Phi) is 6.17. The summed E-state index contributed by atoms with van der Waals surface area (Å²) in [7, 11) is 2.96. The van der Waals surface area contributed by atoms with Gasteiger partial charge in [0.15, 0.2) is 0 Å². The van der Waals surface area contributed by atoms with Gasteiger partial charge in [0.05, 0.1) is 24.8 Å². The van der Waals surface area contributed by atoms with Gasteiger partial charge in [0.25, 0.3) is 5.91 Å². The number of nitrogens with one attached hydrogen (secondary N) is 3. The molecule has 0 aliphatic heterocycles. The molecule has 0 aliphatic carbocycles. The predicted octanol–water partition coefficient (Wildman–Crippen LogP) is 2.30. The summed E-state index contributed by atoms with van der Waals surface area (Å²) in [6.45, 7) is 0. The van der Waals surface area contributed by atoms with E-state index in [4.69, 9.17) is 9.47 Å². The van der Waals surface area contributed by atoms with Gasteiger partial charge in [-0.05, 0) is 24.3 Å². The highest BCUT2D eigenvalue weighted by atomic mass is 16.6. The fourth-order valence-electron chi connectivity index (χ4n) is 2.44. The molecule has 0 saturated carbocycles. The number of aromatic nitrogens is 3. The van der Waals surface area contributed by atoms with E-state index in [1.807, 2.05) is 0 Å². The van der Waals surface area contributed by atoms with Gasteiger partial charge in [0.1, 0.15) is 23.5 Å². The molecule has 154 valence electrons. The smallest absolute Gasteiger partial charge is 0.355 e. The highest BCUT2D eigenvalue weighted by Crippen LogP contribution is 2.35. The van der Waals surface area contributed by atoms with E-state index < -0.39 is 16.5 Å². The van der Waals surface area contributed by atoms with Gasteiger partial charge in [-0.25, -0.2) is 9.97 Å². The minimum absolute atomic E-state index is 0.104. The van der Waals surface area contributed by atoms with Crippen LogP contribution in [0.3, 0.4) is 0 Å². The molecule has 0 spiro atoms. The number of hydrogen-bond donors (Lipinski definition) is 3. The molecule has 3 N–H and O–H groups in total. The van der Waals surface area contributed by atoms with Crippen molar-refractivity contribution in [3.63, 3.8) is 0 Å². The molecule has 1 aromatic carbocycles. The first-order valence-corrected chi connectivity index (χ1v) is 8.49. The first-order valence-electron chi connectivity index (χ1n) is 8.49. The lowest BCUT2D eigenvalue weighted by molar-refractivity contribution is -0.383. The van der Waals surface area contributed by atoms with Crippen LogP contribution in [0.2, 0.25) is 0 Å². The summed E-state index contributed by atoms with van der Waals surface area (Å²) in [6, 6.07) is 9.68. The molecule has 1 amide bonds. The molecule has 12 heteroatoms. The maximum Gasteiger partial charge on any atom is 0.355 e. The van der Waals surface area contributed by atoms with E-state index in [1.54, 1.807) is 30.3 Å². The van der Waals surface area contributed by atoms with E-state index in [0.717, 1.165) is 6.33 Å². The van der Waals surface area contributed by atoms with Gasteiger partial charge >= 0.3 is 5.69 Å². The molecule has 0 aliphatic rings. The van der Waals surface area contributed by atoms with Gasteiger partial charge in [-0.1, -0.05) is 6.07 Å². The topological polar surface area (TPSA) is 153 Å². The fraction of sp³-hybridized carbons (Fsp3) is 0.111. The Morgan fingerprint density at radius 2 is 1.87 bits per heavy atom. The number of benzene rings is 1. The minimum Gasteiger partial charge on any atom is -0.497 e. The SMILES string of the molecule is COc1ccc(Nc2ncnc(NNC(=O)c3ccccn3)c2[N+](=O)[O-])c(OC)c1. The van der Waals surface area contributed by atoms with Gasteiger partial charge in [-0.2, -0.15) is 0 Å². The molecule has 0 radical (unpaired) electrons. The Hall–Kier alpha value is -4.48. The molecular formula is C18H17N7O5. The van der Waals surface area contributed by atoms with Crippen LogP contribution in [0.4, 0.5) is 23.0 Å². The van der Waals surface area contributed by atoms with Crippen LogP contribution >= 0.6 is 0 Å². The number of hydrazine groups is 1. The van der Waals surface area contributed by atoms with Crippen molar-refractivity contribution in [3.8, 4) is 11.5 Å². The number of hydrogen-bond acceptors (Lipinski definition) is 10. The van der Waals surface area contributed by atoms with E-state index >= 15 is 0 Å². The van der Waals surface area contributed by atoms with E-state index in [2.05, 4.69) is 31.1 Å². The number of amides is 1. The number of anilines is 3. The van der Waals surface area contributed by atoms with Crippen LogP contribution in [0.25, 0.3) is 0 Å². The quantitative estimate of drug-likeness (QED) is 0.371. The minimum atomic E-state index is -0.673. The largest absolute Gasteiger partial charge is 0.497 e. The second-order valence-corrected chi connectivity index (χ2v) is 5.66. The second-order valence-electron chi connectivity index (χ2n) is 5.66. The van der Waals surface area contributed by atoms with Crippen molar-refractivity contribution < 1.29 is 19.2 Å². The molecule has 3 aromatic rings. The standard InChI is InChI=1S/C18H17N7O5/c1-29-11-6-7-12(14(9-11)30-2)22-16-15(25(27)28)17(21-10-20-16)23-24-18(26)13-5-3-4-8-19-13/h3-10H,1-2H3,(H,24,26)(H2,20,21,22,23). The van der Waals surface area contributed by atoms with Crippen LogP contribution in [0.1, 0.15) is 10.5 Å². The zero-order valence-corrected chi connectivity index (χ0v) is 15.9. The highest BCUT2D eigenvalue weighted by Gasteiger charge is 2.24. The first kappa shape index (κ1) is 20.3. The van der Waals surface area contributed by atoms with Crippen molar-refractivity contribution in [3.05, 3.63) is 64.7 Å². The Morgan fingerprint density at radius 3 is 2.53 bits per heavy atom. The Balaban J connectivity index is 1.86. The van der Waals surface area contributed by atoms with Crippen LogP contribution in [0.5, 0.6) is 11.5 Å². The summed E-state index contributed by atoms with van der Waals surface area (Å²) in [5.41, 5.74) is 4.84. The van der Waals surface area contributed by atoms with Crippen LogP contribution in [-0.2, 0) is 0 Å². The zero-order valence-electron chi connectivity index (χ0n) is 15.9. The Labute approximate surface area is 170 Å². The van der Waals surface area contributed by atoms with Crippen LogP contribution < -0.4 is 25.6 Å². The third kappa shape index (κ3) is 4.49. The zero-order chi connectivity index (χ0) is 21.5. The fourth-order valence-corrected chi connectivity index (χ4v) is 2.44. The van der Waals surface area contributed by atoms with Crippen LogP contribution in [0, 0.1) is 10.1 Å². The molecule has 0 unspecified atom stereocenters. The van der Waals surface area contributed by atoms with E-state index in [0.29, 0.717) is 17.2 Å². The van der Waals surface area contributed by atoms with Crippen molar-refractivity contribution >= 4 is 28.9 Å². The van der Waals surface area contributed by atoms with Crippen LogP contribution in [0.15, 0.2) is 48.9 Å². The molecule has 2 heterocycles. The average molecular weight is 411 g/mol. The number of carbonyl (C=O) groups is 1. The number of pyridine rings is 1. The molecule has 12 nitrogen and oxygen atoms in total. The second kappa shape index (κ2) is 9.14. The summed E-state index contributed by atoms with van der Waals surface area (Å²) in [6.07, 6.45) is 2.56. The third-order valence-electron chi connectivity index (χ3n) is 3.86.